The molecule has 0 fully saturated rings. The fraction of sp³-hybridized carbons (Fsp3) is 0.417. The van der Waals surface area contributed by atoms with Gasteiger partial charge in [-0.3, -0.25) is 14.6 Å². The third-order valence-corrected chi connectivity index (χ3v) is 2.30. The van der Waals surface area contributed by atoms with E-state index in [1.807, 2.05) is 13.8 Å². The minimum atomic E-state index is -0.479. The maximum atomic E-state index is 11.6. The summed E-state index contributed by atoms with van der Waals surface area (Å²) in [5.74, 6) is -0.661. The van der Waals surface area contributed by atoms with Gasteiger partial charge in [0.25, 0.3) is 5.91 Å². The second-order valence-corrected chi connectivity index (χ2v) is 4.53. The van der Waals surface area contributed by atoms with Gasteiger partial charge in [-0.05, 0) is 26.0 Å². The van der Waals surface area contributed by atoms with Crippen molar-refractivity contribution in [1.29, 1.82) is 0 Å². The molecule has 1 aromatic rings. The number of hydrogen-bond acceptors (Lipinski definition) is 4. The van der Waals surface area contributed by atoms with E-state index in [9.17, 15) is 9.59 Å². The van der Waals surface area contributed by atoms with Gasteiger partial charge in [-0.15, -0.1) is 0 Å². The number of carbonyl (C=O) groups is 2. The first kappa shape index (κ1) is 14.1. The molecule has 6 nitrogen and oxygen atoms in total. The average Bonchev–Trinajstić information content (AvgIpc) is 2.36. The van der Waals surface area contributed by atoms with Crippen LogP contribution in [0.4, 0.5) is 0 Å². The van der Waals surface area contributed by atoms with Gasteiger partial charge < -0.3 is 16.4 Å². The minimum Gasteiger partial charge on any atom is -0.348 e. The van der Waals surface area contributed by atoms with Crippen LogP contribution in [0.3, 0.4) is 0 Å². The van der Waals surface area contributed by atoms with Gasteiger partial charge in [0.05, 0.1) is 6.54 Å². The van der Waals surface area contributed by atoms with Gasteiger partial charge in [-0.1, -0.05) is 6.07 Å². The van der Waals surface area contributed by atoms with Crippen LogP contribution < -0.4 is 16.4 Å². The molecular formula is C12H18N4O2. The van der Waals surface area contributed by atoms with Gasteiger partial charge in [0.2, 0.25) is 5.91 Å². The van der Waals surface area contributed by atoms with Crippen molar-refractivity contribution in [2.75, 3.05) is 13.1 Å². The molecule has 0 bridgehead atoms. The zero-order valence-electron chi connectivity index (χ0n) is 10.6. The Morgan fingerprint density at radius 3 is 2.67 bits per heavy atom. The topological polar surface area (TPSA) is 97.1 Å². The van der Waals surface area contributed by atoms with E-state index in [0.29, 0.717) is 6.54 Å². The summed E-state index contributed by atoms with van der Waals surface area (Å²) in [6.45, 7) is 3.85. The Labute approximate surface area is 106 Å². The second kappa shape index (κ2) is 6.11. The summed E-state index contributed by atoms with van der Waals surface area (Å²) < 4.78 is 0. The molecule has 0 aromatic carbocycles. The Bertz CT molecular complexity index is 417. The summed E-state index contributed by atoms with van der Waals surface area (Å²) in [5, 5.41) is 5.20. The molecular weight excluding hydrogens is 232 g/mol. The number of aromatic nitrogens is 1. The number of pyridine rings is 1. The highest BCUT2D eigenvalue weighted by molar-refractivity contribution is 5.94. The lowest BCUT2D eigenvalue weighted by atomic mass is 10.1. The molecule has 1 heterocycles. The first-order chi connectivity index (χ1) is 8.44. The normalized spacial score (nSPS) is 10.8. The monoisotopic (exact) mass is 250 g/mol. The van der Waals surface area contributed by atoms with E-state index in [4.69, 9.17) is 5.73 Å². The molecule has 18 heavy (non-hydrogen) atoms. The molecule has 2 amide bonds. The van der Waals surface area contributed by atoms with Crippen LogP contribution in [0.2, 0.25) is 0 Å². The summed E-state index contributed by atoms with van der Waals surface area (Å²) in [5.41, 5.74) is 5.29. The van der Waals surface area contributed by atoms with Crippen molar-refractivity contribution < 1.29 is 9.59 Å². The van der Waals surface area contributed by atoms with Gasteiger partial charge in [0.1, 0.15) is 5.69 Å². The van der Waals surface area contributed by atoms with E-state index in [1.165, 1.54) is 6.20 Å². The van der Waals surface area contributed by atoms with E-state index in [2.05, 4.69) is 15.6 Å². The first-order valence-corrected chi connectivity index (χ1v) is 5.65. The van der Waals surface area contributed by atoms with Crippen LogP contribution in [0.25, 0.3) is 0 Å². The van der Waals surface area contributed by atoms with Crippen LogP contribution in [0.5, 0.6) is 0 Å². The summed E-state index contributed by atoms with van der Waals surface area (Å²) >= 11 is 0. The number of nitrogens with one attached hydrogen (secondary N) is 2. The molecule has 98 valence electrons. The number of hydrogen-bond donors (Lipinski definition) is 3. The van der Waals surface area contributed by atoms with Crippen molar-refractivity contribution >= 4 is 11.8 Å². The van der Waals surface area contributed by atoms with Crippen LogP contribution in [0.15, 0.2) is 24.4 Å². The number of rotatable bonds is 5. The van der Waals surface area contributed by atoms with Gasteiger partial charge in [0.15, 0.2) is 0 Å². The van der Waals surface area contributed by atoms with Gasteiger partial charge >= 0.3 is 0 Å². The highest BCUT2D eigenvalue weighted by Gasteiger charge is 2.18. The number of nitrogens with two attached hydrogens (primary N) is 1. The summed E-state index contributed by atoms with van der Waals surface area (Å²) in [4.78, 5) is 27.0. The van der Waals surface area contributed by atoms with Crippen molar-refractivity contribution in [2.45, 2.75) is 19.4 Å². The van der Waals surface area contributed by atoms with Gasteiger partial charge in [-0.25, -0.2) is 0 Å². The second-order valence-electron chi connectivity index (χ2n) is 4.53. The van der Waals surface area contributed by atoms with Crippen molar-refractivity contribution in [3.05, 3.63) is 30.1 Å². The Hall–Kier alpha value is -1.95. The fourth-order valence-electron chi connectivity index (χ4n) is 1.22. The molecule has 0 aliphatic heterocycles. The minimum absolute atomic E-state index is 0.0984. The third-order valence-electron chi connectivity index (χ3n) is 2.30. The van der Waals surface area contributed by atoms with Crippen LogP contribution in [0.1, 0.15) is 24.3 Å². The van der Waals surface area contributed by atoms with E-state index in [1.54, 1.807) is 18.2 Å². The maximum absolute atomic E-state index is 11.6. The molecule has 0 unspecified atom stereocenters. The Balaban J connectivity index is 2.42. The van der Waals surface area contributed by atoms with Crippen molar-refractivity contribution in [3.8, 4) is 0 Å². The zero-order valence-corrected chi connectivity index (χ0v) is 10.6. The molecule has 0 aliphatic rings. The summed E-state index contributed by atoms with van der Waals surface area (Å²) in [7, 11) is 0. The molecule has 0 radical (unpaired) electrons. The van der Waals surface area contributed by atoms with Gasteiger partial charge in [-0.2, -0.15) is 0 Å². The van der Waals surface area contributed by atoms with Crippen LogP contribution in [-0.4, -0.2) is 35.4 Å². The fourth-order valence-corrected chi connectivity index (χ4v) is 1.22. The zero-order chi connectivity index (χ0) is 13.6. The number of amides is 2. The number of carbonyl (C=O) groups excluding carboxylic acids is 2. The first-order valence-electron chi connectivity index (χ1n) is 5.65. The van der Waals surface area contributed by atoms with E-state index in [0.717, 1.165) is 0 Å². The lowest BCUT2D eigenvalue weighted by molar-refractivity contribution is -0.121. The van der Waals surface area contributed by atoms with E-state index >= 15 is 0 Å². The molecule has 4 N–H and O–H groups in total. The predicted molar refractivity (Wildman–Crippen MR) is 67.8 cm³/mol. The van der Waals surface area contributed by atoms with Crippen molar-refractivity contribution in [2.24, 2.45) is 5.73 Å². The lowest BCUT2D eigenvalue weighted by Gasteiger charge is -2.24. The standard InChI is InChI=1S/C12H18N4O2/c1-12(2,8-13)16-10(17)7-15-11(18)9-5-3-4-6-14-9/h3-6H,7-8,13H2,1-2H3,(H,15,18)(H,16,17). The van der Waals surface area contributed by atoms with Gasteiger partial charge in [0, 0.05) is 18.3 Å². The molecule has 0 spiro atoms. The summed E-state index contributed by atoms with van der Waals surface area (Å²) in [6.07, 6.45) is 1.52. The smallest absolute Gasteiger partial charge is 0.270 e. The van der Waals surface area contributed by atoms with Crippen molar-refractivity contribution in [1.82, 2.24) is 15.6 Å². The molecule has 0 aliphatic carbocycles. The highest BCUT2D eigenvalue weighted by atomic mass is 16.2. The predicted octanol–water partition coefficient (Wildman–Crippen LogP) is -0.335. The molecule has 1 aromatic heterocycles. The quantitative estimate of drug-likeness (QED) is 0.666. The van der Waals surface area contributed by atoms with Crippen LogP contribution in [0, 0.1) is 0 Å². The molecule has 1 rings (SSSR count). The number of nitrogens with zero attached hydrogens (tertiary/aromatic N) is 1. The lowest BCUT2D eigenvalue weighted by Crippen LogP contribution is -2.51. The Morgan fingerprint density at radius 2 is 2.11 bits per heavy atom. The Morgan fingerprint density at radius 1 is 1.39 bits per heavy atom. The molecule has 6 heteroatoms. The molecule has 0 saturated carbocycles. The molecule has 0 atom stereocenters. The summed E-state index contributed by atoms with van der Waals surface area (Å²) in [6, 6.07) is 5.00. The Kier molecular flexibility index (Phi) is 4.79. The van der Waals surface area contributed by atoms with E-state index < -0.39 is 5.54 Å². The molecule has 0 saturated heterocycles. The van der Waals surface area contributed by atoms with Crippen LogP contribution >= 0.6 is 0 Å². The average molecular weight is 250 g/mol. The van der Waals surface area contributed by atoms with E-state index in [-0.39, 0.29) is 24.1 Å². The highest BCUT2D eigenvalue weighted by Crippen LogP contribution is 1.97. The largest absolute Gasteiger partial charge is 0.348 e. The SMILES string of the molecule is CC(C)(CN)NC(=O)CNC(=O)c1ccccn1. The van der Waals surface area contributed by atoms with Crippen molar-refractivity contribution in [3.63, 3.8) is 0 Å². The maximum Gasteiger partial charge on any atom is 0.270 e. The van der Waals surface area contributed by atoms with Crippen LogP contribution in [-0.2, 0) is 4.79 Å². The third kappa shape index (κ3) is 4.50.